The summed E-state index contributed by atoms with van der Waals surface area (Å²) in [4.78, 5) is 21.3. The number of rotatable bonds is 2. The molecule has 0 saturated carbocycles. The van der Waals surface area contributed by atoms with E-state index in [0.717, 1.165) is 0 Å². The molecule has 0 fully saturated rings. The fraction of sp³-hybridized carbons (Fsp3) is 0.353. The van der Waals surface area contributed by atoms with Gasteiger partial charge in [-0.15, -0.1) is 0 Å². The molecular weight excluding hydrogens is 311 g/mol. The van der Waals surface area contributed by atoms with Crippen molar-refractivity contribution in [3.63, 3.8) is 0 Å². The van der Waals surface area contributed by atoms with Gasteiger partial charge in [-0.2, -0.15) is 4.98 Å². The van der Waals surface area contributed by atoms with Crippen LogP contribution in [0.25, 0.3) is 0 Å². The molecule has 2 heterocycles. The van der Waals surface area contributed by atoms with Gasteiger partial charge in [-0.1, -0.05) is 6.92 Å². The van der Waals surface area contributed by atoms with E-state index in [0.29, 0.717) is 17.1 Å². The number of carbonyl (C=O) groups excluding carboxylic acids is 1. The van der Waals surface area contributed by atoms with E-state index in [1.165, 1.54) is 25.3 Å². The Labute approximate surface area is 139 Å². The second-order valence-corrected chi connectivity index (χ2v) is 6.06. The molecule has 6 nitrogen and oxygen atoms in total. The topological polar surface area (TPSA) is 78.4 Å². The maximum Gasteiger partial charge on any atom is 0.315 e. The molecule has 24 heavy (non-hydrogen) atoms. The highest BCUT2D eigenvalue weighted by Gasteiger charge is 2.38. The second kappa shape index (κ2) is 6.07. The Balaban J connectivity index is 2.07. The molecule has 0 aliphatic carbocycles. The highest BCUT2D eigenvalue weighted by molar-refractivity contribution is 5.93. The Hall–Kier alpha value is -2.70. The average molecular weight is 330 g/mol. The van der Waals surface area contributed by atoms with Crippen LogP contribution < -0.4 is 10.2 Å². The quantitative estimate of drug-likeness (QED) is 0.885. The van der Waals surface area contributed by atoms with Crippen LogP contribution in [0.1, 0.15) is 32.4 Å². The summed E-state index contributed by atoms with van der Waals surface area (Å²) in [6, 6.07) is 5.39. The molecule has 1 aliphatic rings. The van der Waals surface area contributed by atoms with Gasteiger partial charge in [-0.25, -0.2) is 9.37 Å². The summed E-state index contributed by atoms with van der Waals surface area (Å²) in [5, 5.41) is 12.7. The molecule has 7 heteroatoms. The Morgan fingerprint density at radius 1 is 1.33 bits per heavy atom. The molecule has 3 rings (SSSR count). The lowest BCUT2D eigenvalue weighted by molar-refractivity contribution is -0.117. The molecule has 1 amide bonds. The first-order chi connectivity index (χ1) is 11.4. The molecule has 0 spiro atoms. The standard InChI is InChI=1S/C17H19FN4O2/c1-9-10(2)22(11(3)23)14-5-4-12(18)8-13(14)16(9)20-15-6-7-19-17(24)21-15/h4-10,16H,1-3H3,(H2,19,20,21,24)/t9-,10-,16+/m0/s1. The monoisotopic (exact) mass is 330 g/mol. The minimum absolute atomic E-state index is 0.000285. The number of carbonyl (C=O) groups is 1. The van der Waals surface area contributed by atoms with Crippen LogP contribution in [0.2, 0.25) is 0 Å². The van der Waals surface area contributed by atoms with E-state index in [1.54, 1.807) is 17.0 Å². The predicted molar refractivity (Wildman–Crippen MR) is 88.2 cm³/mol. The largest absolute Gasteiger partial charge is 0.479 e. The third-order valence-electron chi connectivity index (χ3n) is 4.56. The number of hydrogen-bond acceptors (Lipinski definition) is 5. The molecule has 2 aromatic rings. The van der Waals surface area contributed by atoms with Crippen molar-refractivity contribution in [3.05, 3.63) is 41.8 Å². The van der Waals surface area contributed by atoms with Crippen molar-refractivity contribution in [2.75, 3.05) is 10.2 Å². The van der Waals surface area contributed by atoms with Crippen molar-refractivity contribution in [1.82, 2.24) is 9.97 Å². The van der Waals surface area contributed by atoms with Gasteiger partial charge in [0.2, 0.25) is 5.91 Å². The van der Waals surface area contributed by atoms with Crippen molar-refractivity contribution in [3.8, 4) is 6.01 Å². The van der Waals surface area contributed by atoms with Crippen molar-refractivity contribution < 1.29 is 14.3 Å². The fourth-order valence-electron chi connectivity index (χ4n) is 3.26. The van der Waals surface area contributed by atoms with Gasteiger partial charge in [0.15, 0.2) is 0 Å². The number of hydrogen-bond donors (Lipinski definition) is 2. The third-order valence-corrected chi connectivity index (χ3v) is 4.56. The van der Waals surface area contributed by atoms with Crippen molar-refractivity contribution >= 4 is 17.4 Å². The van der Waals surface area contributed by atoms with E-state index < -0.39 is 0 Å². The maximum absolute atomic E-state index is 13.8. The molecule has 1 aromatic heterocycles. The van der Waals surface area contributed by atoms with Gasteiger partial charge in [-0.05, 0) is 31.2 Å². The number of halogens is 1. The zero-order valence-electron chi connectivity index (χ0n) is 13.7. The minimum Gasteiger partial charge on any atom is -0.479 e. The molecule has 126 valence electrons. The first-order valence-electron chi connectivity index (χ1n) is 7.76. The van der Waals surface area contributed by atoms with E-state index in [9.17, 15) is 14.3 Å². The van der Waals surface area contributed by atoms with Gasteiger partial charge in [0.1, 0.15) is 11.6 Å². The van der Waals surface area contributed by atoms with Crippen LogP contribution in [-0.4, -0.2) is 27.0 Å². The van der Waals surface area contributed by atoms with Crippen LogP contribution in [0.4, 0.5) is 15.9 Å². The normalized spacial score (nSPS) is 22.8. The van der Waals surface area contributed by atoms with Crippen LogP contribution >= 0.6 is 0 Å². The lowest BCUT2D eigenvalue weighted by atomic mass is 9.82. The average Bonchev–Trinajstić information content (AvgIpc) is 2.52. The molecule has 0 radical (unpaired) electrons. The zero-order chi connectivity index (χ0) is 17.4. The Bertz CT molecular complexity index is 783. The third kappa shape index (κ3) is 2.77. The molecule has 1 aromatic carbocycles. The van der Waals surface area contributed by atoms with Crippen LogP contribution in [0.15, 0.2) is 30.5 Å². The molecule has 0 unspecified atom stereocenters. The van der Waals surface area contributed by atoms with Gasteiger partial charge in [-0.3, -0.25) is 4.79 Å². The number of nitrogens with one attached hydrogen (secondary N) is 1. The lowest BCUT2D eigenvalue weighted by Crippen LogP contribution is -2.48. The number of amides is 1. The van der Waals surface area contributed by atoms with Gasteiger partial charge in [0.05, 0.1) is 6.04 Å². The van der Waals surface area contributed by atoms with Gasteiger partial charge < -0.3 is 15.3 Å². The second-order valence-electron chi connectivity index (χ2n) is 6.06. The minimum atomic E-state index is -0.365. The summed E-state index contributed by atoms with van der Waals surface area (Å²) in [6.45, 7) is 5.46. The van der Waals surface area contributed by atoms with E-state index >= 15 is 0 Å². The van der Waals surface area contributed by atoms with Gasteiger partial charge in [0, 0.05) is 36.3 Å². The van der Waals surface area contributed by atoms with Crippen LogP contribution in [0, 0.1) is 11.7 Å². The fourth-order valence-corrected chi connectivity index (χ4v) is 3.26. The Morgan fingerprint density at radius 2 is 2.08 bits per heavy atom. The van der Waals surface area contributed by atoms with Crippen molar-refractivity contribution in [2.24, 2.45) is 5.92 Å². The van der Waals surface area contributed by atoms with Crippen molar-refractivity contribution in [2.45, 2.75) is 32.9 Å². The van der Waals surface area contributed by atoms with Crippen LogP contribution in [0.3, 0.4) is 0 Å². The summed E-state index contributed by atoms with van der Waals surface area (Å²) in [5.41, 5.74) is 1.37. The summed E-state index contributed by atoms with van der Waals surface area (Å²) in [5.74, 6) is -0.00461. The summed E-state index contributed by atoms with van der Waals surface area (Å²) >= 11 is 0. The zero-order valence-corrected chi connectivity index (χ0v) is 13.7. The molecule has 0 saturated heterocycles. The lowest BCUT2D eigenvalue weighted by Gasteiger charge is -2.43. The van der Waals surface area contributed by atoms with Gasteiger partial charge >= 0.3 is 6.01 Å². The summed E-state index contributed by atoms with van der Waals surface area (Å²) in [6.07, 6.45) is 1.44. The Morgan fingerprint density at radius 3 is 2.75 bits per heavy atom. The summed E-state index contributed by atoms with van der Waals surface area (Å²) < 4.78 is 13.8. The number of benzene rings is 1. The molecule has 2 N–H and O–H groups in total. The number of fused-ring (bicyclic) bond motifs is 1. The summed E-state index contributed by atoms with van der Waals surface area (Å²) in [7, 11) is 0. The van der Waals surface area contributed by atoms with Gasteiger partial charge in [0.25, 0.3) is 0 Å². The smallest absolute Gasteiger partial charge is 0.315 e. The highest BCUT2D eigenvalue weighted by Crippen LogP contribution is 2.42. The van der Waals surface area contributed by atoms with Crippen molar-refractivity contribution in [1.29, 1.82) is 0 Å². The number of nitrogens with zero attached hydrogens (tertiary/aromatic N) is 3. The number of aromatic hydroxyl groups is 1. The first-order valence-corrected chi connectivity index (χ1v) is 7.76. The highest BCUT2D eigenvalue weighted by atomic mass is 19.1. The number of aromatic nitrogens is 2. The maximum atomic E-state index is 13.8. The first kappa shape index (κ1) is 16.2. The SMILES string of the molecule is CC(=O)N1c2ccc(F)cc2[C@H](Nc2ccnc(O)n2)[C@@H](C)[C@@H]1C. The molecule has 0 bridgehead atoms. The Kier molecular flexibility index (Phi) is 4.09. The van der Waals surface area contributed by atoms with Crippen LogP contribution in [-0.2, 0) is 4.79 Å². The number of anilines is 2. The van der Waals surface area contributed by atoms with E-state index in [1.807, 2.05) is 13.8 Å². The molecule has 1 aliphatic heterocycles. The van der Waals surface area contributed by atoms with E-state index in [-0.39, 0.29) is 35.7 Å². The molecular formula is C17H19FN4O2. The van der Waals surface area contributed by atoms with Crippen LogP contribution in [0.5, 0.6) is 6.01 Å². The predicted octanol–water partition coefficient (Wildman–Crippen LogP) is 2.87. The van der Waals surface area contributed by atoms with E-state index in [4.69, 9.17) is 0 Å². The molecule has 3 atom stereocenters. The van der Waals surface area contributed by atoms with E-state index in [2.05, 4.69) is 15.3 Å².